The summed E-state index contributed by atoms with van der Waals surface area (Å²) in [5.74, 6) is 0.772. The average molecular weight is 431 g/mol. The van der Waals surface area contributed by atoms with E-state index in [1.54, 1.807) is 0 Å². The standard InChI is InChI=1S/C20H19BrN2O2S/c1-12-9-19(13(2)8-16(12)21)26-11-20(24)23-22-14(3)18-10-15-6-4-5-7-17(15)25-18/h4-10,22H,3,11H2,1-2H3,(H,23,24). The Morgan fingerprint density at radius 2 is 1.92 bits per heavy atom. The van der Waals surface area contributed by atoms with Crippen LogP contribution in [0.2, 0.25) is 0 Å². The number of thioether (sulfide) groups is 1. The van der Waals surface area contributed by atoms with Gasteiger partial charge in [-0.2, -0.15) is 0 Å². The molecule has 4 nitrogen and oxygen atoms in total. The molecule has 3 rings (SSSR count). The molecule has 0 radical (unpaired) electrons. The van der Waals surface area contributed by atoms with Crippen molar-refractivity contribution in [3.63, 3.8) is 0 Å². The maximum absolute atomic E-state index is 12.1. The molecule has 0 fully saturated rings. The molecule has 0 aliphatic heterocycles. The van der Waals surface area contributed by atoms with Gasteiger partial charge in [0.2, 0.25) is 5.91 Å². The van der Waals surface area contributed by atoms with Crippen LogP contribution < -0.4 is 10.9 Å². The van der Waals surface area contributed by atoms with Crippen LogP contribution in [0.15, 0.2) is 62.8 Å². The molecule has 0 aliphatic carbocycles. The minimum Gasteiger partial charge on any atom is -0.454 e. The number of hydrazine groups is 1. The van der Waals surface area contributed by atoms with Gasteiger partial charge in [-0.05, 0) is 49.2 Å². The number of furan rings is 1. The molecule has 26 heavy (non-hydrogen) atoms. The number of aryl methyl sites for hydroxylation is 2. The number of hydrogen-bond donors (Lipinski definition) is 2. The molecule has 3 aromatic rings. The molecule has 6 heteroatoms. The van der Waals surface area contributed by atoms with E-state index in [2.05, 4.69) is 45.5 Å². The van der Waals surface area contributed by atoms with Crippen LogP contribution in [0.1, 0.15) is 16.9 Å². The van der Waals surface area contributed by atoms with E-state index in [1.165, 1.54) is 11.8 Å². The maximum Gasteiger partial charge on any atom is 0.248 e. The van der Waals surface area contributed by atoms with E-state index in [0.717, 1.165) is 31.5 Å². The van der Waals surface area contributed by atoms with E-state index in [4.69, 9.17) is 4.42 Å². The third-order valence-electron chi connectivity index (χ3n) is 3.89. The summed E-state index contributed by atoms with van der Waals surface area (Å²) in [6.07, 6.45) is 0. The monoisotopic (exact) mass is 430 g/mol. The van der Waals surface area contributed by atoms with Crippen molar-refractivity contribution in [1.29, 1.82) is 0 Å². The largest absolute Gasteiger partial charge is 0.454 e. The molecular formula is C20H19BrN2O2S. The predicted octanol–water partition coefficient (Wildman–Crippen LogP) is 5.20. The summed E-state index contributed by atoms with van der Waals surface area (Å²) >= 11 is 5.02. The fourth-order valence-corrected chi connectivity index (χ4v) is 3.79. The Kier molecular flexibility index (Phi) is 5.74. The predicted molar refractivity (Wildman–Crippen MR) is 111 cm³/mol. The minimum atomic E-state index is -0.132. The Balaban J connectivity index is 1.54. The van der Waals surface area contributed by atoms with Crippen LogP contribution >= 0.6 is 27.7 Å². The van der Waals surface area contributed by atoms with Crippen molar-refractivity contribution in [3.05, 3.63) is 70.4 Å². The van der Waals surface area contributed by atoms with Crippen LogP contribution in [0.25, 0.3) is 16.7 Å². The highest BCUT2D eigenvalue weighted by Crippen LogP contribution is 2.28. The van der Waals surface area contributed by atoms with Gasteiger partial charge in [-0.3, -0.25) is 15.6 Å². The van der Waals surface area contributed by atoms with Crippen LogP contribution in [0.4, 0.5) is 0 Å². The molecule has 1 amide bonds. The van der Waals surface area contributed by atoms with Crippen molar-refractivity contribution in [2.24, 2.45) is 0 Å². The summed E-state index contributed by atoms with van der Waals surface area (Å²) in [6, 6.07) is 13.8. The highest BCUT2D eigenvalue weighted by molar-refractivity contribution is 9.10. The lowest BCUT2D eigenvalue weighted by atomic mass is 10.2. The van der Waals surface area contributed by atoms with Gasteiger partial charge in [0.15, 0.2) is 5.76 Å². The lowest BCUT2D eigenvalue weighted by Crippen LogP contribution is -2.36. The Hall–Kier alpha value is -2.18. The quantitative estimate of drug-likeness (QED) is 0.416. The zero-order valence-electron chi connectivity index (χ0n) is 14.6. The number of carbonyl (C=O) groups excluding carboxylic acids is 1. The van der Waals surface area contributed by atoms with Gasteiger partial charge in [0, 0.05) is 14.8 Å². The van der Waals surface area contributed by atoms with E-state index in [0.29, 0.717) is 17.2 Å². The van der Waals surface area contributed by atoms with Gasteiger partial charge in [0.1, 0.15) is 5.58 Å². The molecule has 2 N–H and O–H groups in total. The molecular weight excluding hydrogens is 412 g/mol. The second-order valence-corrected chi connectivity index (χ2v) is 7.83. The first-order valence-corrected chi connectivity index (χ1v) is 9.84. The first-order chi connectivity index (χ1) is 12.4. The molecule has 0 saturated heterocycles. The molecule has 0 spiro atoms. The van der Waals surface area contributed by atoms with E-state index < -0.39 is 0 Å². The van der Waals surface area contributed by atoms with Gasteiger partial charge in [-0.1, -0.05) is 40.7 Å². The fraction of sp³-hybridized carbons (Fsp3) is 0.150. The zero-order valence-corrected chi connectivity index (χ0v) is 17.0. The van der Waals surface area contributed by atoms with Crippen LogP contribution in [0.5, 0.6) is 0 Å². The molecule has 0 unspecified atom stereocenters. The molecule has 0 bridgehead atoms. The SMILES string of the molecule is C=C(NNC(=O)CSc1cc(C)c(Br)cc1C)c1cc2ccccc2o1. The second kappa shape index (κ2) is 8.01. The van der Waals surface area contributed by atoms with Gasteiger partial charge in [0.05, 0.1) is 11.4 Å². The van der Waals surface area contributed by atoms with Crippen molar-refractivity contribution in [3.8, 4) is 0 Å². The van der Waals surface area contributed by atoms with Crippen molar-refractivity contribution in [2.45, 2.75) is 18.7 Å². The summed E-state index contributed by atoms with van der Waals surface area (Å²) in [5.41, 5.74) is 9.07. The number of halogens is 1. The topological polar surface area (TPSA) is 54.3 Å². The Bertz CT molecular complexity index is 948. The van der Waals surface area contributed by atoms with Gasteiger partial charge in [-0.25, -0.2) is 0 Å². The van der Waals surface area contributed by atoms with E-state index in [1.807, 2.05) is 44.2 Å². The van der Waals surface area contributed by atoms with Crippen LogP contribution in [0.3, 0.4) is 0 Å². The third-order valence-corrected chi connectivity index (χ3v) is 5.90. The highest BCUT2D eigenvalue weighted by atomic mass is 79.9. The number of amides is 1. The zero-order chi connectivity index (χ0) is 18.7. The van der Waals surface area contributed by atoms with Gasteiger partial charge in [0.25, 0.3) is 0 Å². The molecule has 1 heterocycles. The Morgan fingerprint density at radius 3 is 2.69 bits per heavy atom. The first-order valence-electron chi connectivity index (χ1n) is 8.06. The number of rotatable bonds is 6. The fourth-order valence-electron chi connectivity index (χ4n) is 2.43. The molecule has 0 aliphatic rings. The number of benzene rings is 2. The molecule has 1 aromatic heterocycles. The smallest absolute Gasteiger partial charge is 0.248 e. The molecule has 0 saturated carbocycles. The number of carbonyl (C=O) groups is 1. The summed E-state index contributed by atoms with van der Waals surface area (Å²) in [7, 11) is 0. The van der Waals surface area contributed by atoms with Crippen molar-refractivity contribution >= 4 is 50.3 Å². The summed E-state index contributed by atoms with van der Waals surface area (Å²) in [5, 5.41) is 0.994. The maximum atomic E-state index is 12.1. The second-order valence-electron chi connectivity index (χ2n) is 5.96. The van der Waals surface area contributed by atoms with Crippen LogP contribution in [-0.2, 0) is 4.79 Å². The lowest BCUT2D eigenvalue weighted by molar-refractivity contribution is -0.119. The Labute approximate surface area is 165 Å². The van der Waals surface area contributed by atoms with Crippen LogP contribution in [0, 0.1) is 13.8 Å². The van der Waals surface area contributed by atoms with Gasteiger partial charge in [-0.15, -0.1) is 11.8 Å². The van der Waals surface area contributed by atoms with Gasteiger partial charge < -0.3 is 4.42 Å². The normalized spacial score (nSPS) is 10.7. The summed E-state index contributed by atoms with van der Waals surface area (Å²) in [6.45, 7) is 7.98. The van der Waals surface area contributed by atoms with Crippen molar-refractivity contribution in [2.75, 3.05) is 5.75 Å². The number of hydrogen-bond acceptors (Lipinski definition) is 4. The number of fused-ring (bicyclic) bond motifs is 1. The minimum absolute atomic E-state index is 0.132. The molecule has 0 atom stereocenters. The third kappa shape index (κ3) is 4.31. The average Bonchev–Trinajstić information content (AvgIpc) is 3.06. The molecule has 134 valence electrons. The lowest BCUT2D eigenvalue weighted by Gasteiger charge is -2.11. The summed E-state index contributed by atoms with van der Waals surface area (Å²) in [4.78, 5) is 13.2. The number of para-hydroxylation sites is 1. The first kappa shape index (κ1) is 18.6. The van der Waals surface area contributed by atoms with Crippen molar-refractivity contribution in [1.82, 2.24) is 10.9 Å². The van der Waals surface area contributed by atoms with E-state index in [9.17, 15) is 4.79 Å². The number of nitrogens with one attached hydrogen (secondary N) is 2. The van der Waals surface area contributed by atoms with Crippen LogP contribution in [-0.4, -0.2) is 11.7 Å². The summed E-state index contributed by atoms with van der Waals surface area (Å²) < 4.78 is 6.78. The van der Waals surface area contributed by atoms with Gasteiger partial charge >= 0.3 is 0 Å². The van der Waals surface area contributed by atoms with E-state index in [-0.39, 0.29) is 5.91 Å². The highest BCUT2D eigenvalue weighted by Gasteiger charge is 2.10. The van der Waals surface area contributed by atoms with Crippen molar-refractivity contribution < 1.29 is 9.21 Å². The Morgan fingerprint density at radius 1 is 1.15 bits per heavy atom. The molecule has 2 aromatic carbocycles. The van der Waals surface area contributed by atoms with E-state index >= 15 is 0 Å².